The van der Waals surface area contributed by atoms with E-state index in [2.05, 4.69) is 29.8 Å². The largest absolute Gasteiger partial charge is 0.469 e. The molecule has 44 heavy (non-hydrogen) atoms. The van der Waals surface area contributed by atoms with Crippen LogP contribution in [-0.2, 0) is 38.1 Å². The predicted molar refractivity (Wildman–Crippen MR) is 166 cm³/mol. The van der Waals surface area contributed by atoms with Crippen LogP contribution in [0.3, 0.4) is 0 Å². The van der Waals surface area contributed by atoms with Crippen molar-refractivity contribution >= 4 is 39.8 Å². The number of rotatable bonds is 8. The molecule has 4 saturated carbocycles. The van der Waals surface area contributed by atoms with Gasteiger partial charge in [-0.15, -0.1) is 0 Å². The molecule has 0 aromatic heterocycles. The second kappa shape index (κ2) is 13.2. The highest BCUT2D eigenvalue weighted by atomic mass is 79.9. The molecule has 0 aromatic rings. The van der Waals surface area contributed by atoms with Crippen molar-refractivity contribution in [2.24, 2.45) is 51.8 Å². The molecular weight excluding hydrogens is 632 g/mol. The Morgan fingerprint density at radius 1 is 0.977 bits per heavy atom. The van der Waals surface area contributed by atoms with Crippen molar-refractivity contribution in [3.63, 3.8) is 0 Å². The molecule has 0 radical (unpaired) electrons. The SMILES string of the molecule is COC(=O)CC[C@@H](C)[C@H]1CC[C@H]2[C@@H]3[C@H](O)[C@@H](Br)[C@@H]4C[C@H](OC(C)=O)CC[C@]4(COC(=O)C(C)(C)C)[C@H]3C[C@H](OC(C)=O)[C@]12C. The zero-order valence-corrected chi connectivity index (χ0v) is 29.3. The standard InChI is InChI=1S/C34H53BrO9/c1-18(9-12-27(38)41-8)22-10-11-23-28-24(16-26(33(22,23)7)44-20(3)37)34(17-42-31(40)32(4,5)6)14-13-21(43-19(2)36)15-25(34)29(35)30(28)39/h18,21-26,28-30,39H,9-17H2,1-8H3/t18-,21-,22-,23+,24+,25+,26+,28+,29+,30+,33-,34+/m1/s1. The lowest BCUT2D eigenvalue weighted by Crippen LogP contribution is -2.68. The summed E-state index contributed by atoms with van der Waals surface area (Å²) in [4.78, 5) is 49.4. The minimum absolute atomic E-state index is 0.0635. The third-order valence-corrected chi connectivity index (χ3v) is 13.1. The van der Waals surface area contributed by atoms with Crippen LogP contribution in [0.2, 0.25) is 0 Å². The molecule has 4 aliphatic rings. The van der Waals surface area contributed by atoms with Crippen molar-refractivity contribution in [3.05, 3.63) is 0 Å². The number of fused-ring (bicyclic) bond motifs is 5. The molecular formula is C34H53BrO9. The van der Waals surface area contributed by atoms with Crippen molar-refractivity contribution in [3.8, 4) is 0 Å². The van der Waals surface area contributed by atoms with Crippen LogP contribution in [0.15, 0.2) is 0 Å². The smallest absolute Gasteiger partial charge is 0.311 e. The van der Waals surface area contributed by atoms with Gasteiger partial charge in [0.1, 0.15) is 12.2 Å². The maximum Gasteiger partial charge on any atom is 0.311 e. The maximum atomic E-state index is 13.1. The van der Waals surface area contributed by atoms with Crippen molar-refractivity contribution in [2.45, 2.75) is 123 Å². The van der Waals surface area contributed by atoms with E-state index in [1.807, 2.05) is 20.8 Å². The van der Waals surface area contributed by atoms with E-state index in [1.54, 1.807) is 0 Å². The van der Waals surface area contributed by atoms with Crippen LogP contribution in [0.1, 0.15) is 99.8 Å². The normalized spacial score (nSPS) is 40.5. The molecule has 10 heteroatoms. The molecule has 4 aliphatic carbocycles. The van der Waals surface area contributed by atoms with E-state index >= 15 is 0 Å². The van der Waals surface area contributed by atoms with Gasteiger partial charge in [-0.2, -0.15) is 0 Å². The van der Waals surface area contributed by atoms with Crippen LogP contribution >= 0.6 is 15.9 Å². The molecule has 0 amide bonds. The molecule has 12 atom stereocenters. The van der Waals surface area contributed by atoms with Crippen LogP contribution in [0.4, 0.5) is 0 Å². The second-order valence-corrected chi connectivity index (χ2v) is 16.4. The van der Waals surface area contributed by atoms with Crippen LogP contribution in [-0.4, -0.2) is 65.8 Å². The summed E-state index contributed by atoms with van der Waals surface area (Å²) in [7, 11) is 1.40. The number of ether oxygens (including phenoxy) is 4. The first-order valence-corrected chi connectivity index (χ1v) is 17.3. The third kappa shape index (κ3) is 6.45. The van der Waals surface area contributed by atoms with Crippen LogP contribution < -0.4 is 0 Å². The number of carbonyl (C=O) groups excluding carboxylic acids is 4. The molecule has 250 valence electrons. The maximum absolute atomic E-state index is 13.1. The summed E-state index contributed by atoms with van der Waals surface area (Å²) in [6, 6.07) is 0. The molecule has 0 aliphatic heterocycles. The molecule has 0 spiro atoms. The zero-order chi connectivity index (χ0) is 32.8. The molecule has 0 heterocycles. The van der Waals surface area contributed by atoms with Crippen molar-refractivity contribution in [2.75, 3.05) is 13.7 Å². The average Bonchev–Trinajstić information content (AvgIpc) is 3.30. The van der Waals surface area contributed by atoms with Gasteiger partial charge in [-0.1, -0.05) is 29.8 Å². The van der Waals surface area contributed by atoms with E-state index in [4.69, 9.17) is 18.9 Å². The van der Waals surface area contributed by atoms with Gasteiger partial charge in [0.25, 0.3) is 0 Å². The molecule has 1 N–H and O–H groups in total. The average molecular weight is 686 g/mol. The highest BCUT2D eigenvalue weighted by molar-refractivity contribution is 9.09. The fraction of sp³-hybridized carbons (Fsp3) is 0.882. The summed E-state index contributed by atoms with van der Waals surface area (Å²) < 4.78 is 22.9. The Morgan fingerprint density at radius 2 is 1.64 bits per heavy atom. The predicted octanol–water partition coefficient (Wildman–Crippen LogP) is 5.62. The number of halogens is 1. The van der Waals surface area contributed by atoms with Gasteiger partial charge in [0.05, 0.1) is 25.2 Å². The lowest BCUT2D eigenvalue weighted by molar-refractivity contribution is -0.229. The molecule has 0 saturated heterocycles. The van der Waals surface area contributed by atoms with E-state index in [0.29, 0.717) is 38.5 Å². The number of aliphatic hydroxyl groups is 1. The second-order valence-electron chi connectivity index (χ2n) is 15.4. The third-order valence-electron chi connectivity index (χ3n) is 12.0. The Kier molecular flexibility index (Phi) is 10.6. The fourth-order valence-electron chi connectivity index (χ4n) is 9.93. The summed E-state index contributed by atoms with van der Waals surface area (Å²) >= 11 is 3.93. The first kappa shape index (κ1) is 35.2. The Morgan fingerprint density at radius 3 is 2.23 bits per heavy atom. The van der Waals surface area contributed by atoms with Crippen LogP contribution in [0.25, 0.3) is 0 Å². The Balaban J connectivity index is 1.76. The van der Waals surface area contributed by atoms with Gasteiger partial charge in [-0.05, 0) is 101 Å². The van der Waals surface area contributed by atoms with E-state index in [9.17, 15) is 24.3 Å². The Labute approximate surface area is 271 Å². The Bertz CT molecular complexity index is 1100. The summed E-state index contributed by atoms with van der Waals surface area (Å²) in [6.45, 7) is 13.0. The fourth-order valence-corrected chi connectivity index (χ4v) is 11.0. The van der Waals surface area contributed by atoms with E-state index in [0.717, 1.165) is 12.8 Å². The lowest BCUT2D eigenvalue weighted by atomic mass is 9.42. The highest BCUT2D eigenvalue weighted by Gasteiger charge is 2.70. The molecule has 9 nitrogen and oxygen atoms in total. The molecule has 4 fully saturated rings. The topological polar surface area (TPSA) is 125 Å². The van der Waals surface area contributed by atoms with Gasteiger partial charge < -0.3 is 24.1 Å². The van der Waals surface area contributed by atoms with Gasteiger partial charge in [0.15, 0.2) is 0 Å². The first-order chi connectivity index (χ1) is 20.5. The summed E-state index contributed by atoms with van der Waals surface area (Å²) in [5, 5.41) is 12.1. The number of hydrogen-bond donors (Lipinski definition) is 1. The number of hydrogen-bond acceptors (Lipinski definition) is 9. The summed E-state index contributed by atoms with van der Waals surface area (Å²) in [5.74, 6) is -1.04. The lowest BCUT2D eigenvalue weighted by Gasteiger charge is -2.65. The highest BCUT2D eigenvalue weighted by Crippen LogP contribution is 2.70. The molecule has 0 aromatic carbocycles. The minimum atomic E-state index is -0.681. The summed E-state index contributed by atoms with van der Waals surface area (Å²) in [6.07, 6.45) is 3.85. The van der Waals surface area contributed by atoms with Gasteiger partial charge >= 0.3 is 23.9 Å². The molecule has 0 unspecified atom stereocenters. The Hall–Kier alpha value is -1.68. The quantitative estimate of drug-likeness (QED) is 0.197. The number of esters is 4. The number of carbonyl (C=O) groups is 4. The van der Waals surface area contributed by atoms with Crippen molar-refractivity contribution < 1.29 is 43.2 Å². The molecule has 0 bridgehead atoms. The molecule has 4 rings (SSSR count). The minimum Gasteiger partial charge on any atom is -0.469 e. The number of methoxy groups -OCH3 is 1. The van der Waals surface area contributed by atoms with Gasteiger partial charge in [-0.3, -0.25) is 19.2 Å². The van der Waals surface area contributed by atoms with E-state index < -0.39 is 22.3 Å². The van der Waals surface area contributed by atoms with Gasteiger partial charge in [0.2, 0.25) is 0 Å². The van der Waals surface area contributed by atoms with Crippen LogP contribution in [0, 0.1) is 51.8 Å². The monoisotopic (exact) mass is 684 g/mol. The van der Waals surface area contributed by atoms with Crippen molar-refractivity contribution in [1.82, 2.24) is 0 Å². The van der Waals surface area contributed by atoms with Gasteiger partial charge in [0, 0.05) is 35.9 Å². The van der Waals surface area contributed by atoms with Gasteiger partial charge in [-0.25, -0.2) is 0 Å². The van der Waals surface area contributed by atoms with Crippen molar-refractivity contribution in [1.29, 1.82) is 0 Å². The van der Waals surface area contributed by atoms with E-state index in [-0.39, 0.29) is 83.0 Å². The summed E-state index contributed by atoms with van der Waals surface area (Å²) in [5.41, 5.74) is -1.57. The first-order valence-electron chi connectivity index (χ1n) is 16.4. The van der Waals surface area contributed by atoms with Crippen LogP contribution in [0.5, 0.6) is 0 Å². The van der Waals surface area contributed by atoms with E-state index in [1.165, 1.54) is 21.0 Å². The zero-order valence-electron chi connectivity index (χ0n) is 27.7. The number of aliphatic hydroxyl groups excluding tert-OH is 1. The number of alkyl halides is 1.